The number of benzene rings is 2. The van der Waals surface area contributed by atoms with Gasteiger partial charge in [0, 0.05) is 30.8 Å². The minimum Gasteiger partial charge on any atom is -0.497 e. The van der Waals surface area contributed by atoms with Gasteiger partial charge in [-0.2, -0.15) is 0 Å². The van der Waals surface area contributed by atoms with E-state index in [1.54, 1.807) is 43.4 Å². The summed E-state index contributed by atoms with van der Waals surface area (Å²) in [6.07, 6.45) is 5.69. The summed E-state index contributed by atoms with van der Waals surface area (Å²) < 4.78 is 15.5. The SMILES string of the molecule is COc1ccc(/C=C/C(=O)OCC(=O)N2CC=C(c3ccccc3)CC2)c(OC)c1. The molecule has 0 unspecified atom stereocenters. The summed E-state index contributed by atoms with van der Waals surface area (Å²) in [5.74, 6) is 0.438. The molecule has 0 saturated carbocycles. The van der Waals surface area contributed by atoms with Gasteiger partial charge < -0.3 is 19.1 Å². The number of hydrogen-bond donors (Lipinski definition) is 0. The maximum Gasteiger partial charge on any atom is 0.331 e. The molecule has 1 amide bonds. The van der Waals surface area contributed by atoms with Gasteiger partial charge in [0.2, 0.25) is 0 Å². The lowest BCUT2D eigenvalue weighted by molar-refractivity contribution is -0.147. The van der Waals surface area contributed by atoms with Crippen molar-refractivity contribution in [3.63, 3.8) is 0 Å². The number of esters is 1. The standard InChI is InChI=1S/C24H25NO5/c1-28-21-10-8-20(22(16-21)29-2)9-11-24(27)30-17-23(26)25-14-12-19(13-15-25)18-6-4-3-5-7-18/h3-12,16H,13-15,17H2,1-2H3/b11-9+. The lowest BCUT2D eigenvalue weighted by Crippen LogP contribution is -2.37. The van der Waals surface area contributed by atoms with Crippen LogP contribution in [-0.4, -0.2) is 50.7 Å². The first kappa shape index (κ1) is 21.2. The van der Waals surface area contributed by atoms with Crippen LogP contribution in [0, 0.1) is 0 Å². The molecule has 0 radical (unpaired) electrons. The molecule has 3 rings (SSSR count). The molecule has 6 nitrogen and oxygen atoms in total. The lowest BCUT2D eigenvalue weighted by atomic mass is 10.00. The Kier molecular flexibility index (Phi) is 7.27. The summed E-state index contributed by atoms with van der Waals surface area (Å²) in [5.41, 5.74) is 3.11. The highest BCUT2D eigenvalue weighted by Crippen LogP contribution is 2.25. The van der Waals surface area contributed by atoms with Crippen molar-refractivity contribution in [2.24, 2.45) is 0 Å². The molecule has 0 atom stereocenters. The smallest absolute Gasteiger partial charge is 0.331 e. The van der Waals surface area contributed by atoms with Gasteiger partial charge in [0.1, 0.15) is 11.5 Å². The molecule has 1 aliphatic rings. The first-order valence-corrected chi connectivity index (χ1v) is 9.70. The Morgan fingerprint density at radius 3 is 2.53 bits per heavy atom. The third-order valence-electron chi connectivity index (χ3n) is 4.88. The zero-order valence-corrected chi connectivity index (χ0v) is 17.2. The zero-order chi connectivity index (χ0) is 21.3. The van der Waals surface area contributed by atoms with Crippen molar-refractivity contribution >= 4 is 23.5 Å². The molecule has 0 N–H and O–H groups in total. The van der Waals surface area contributed by atoms with E-state index < -0.39 is 5.97 Å². The van der Waals surface area contributed by atoms with Crippen LogP contribution in [0.4, 0.5) is 0 Å². The fraction of sp³-hybridized carbons (Fsp3) is 0.250. The van der Waals surface area contributed by atoms with Crippen LogP contribution >= 0.6 is 0 Å². The van der Waals surface area contributed by atoms with Crippen molar-refractivity contribution in [1.29, 1.82) is 0 Å². The average molecular weight is 407 g/mol. The summed E-state index contributed by atoms with van der Waals surface area (Å²) in [4.78, 5) is 26.0. The molecule has 0 fully saturated rings. The summed E-state index contributed by atoms with van der Waals surface area (Å²) in [6, 6.07) is 15.4. The number of methoxy groups -OCH3 is 2. The van der Waals surface area contributed by atoms with Crippen LogP contribution < -0.4 is 9.47 Å². The van der Waals surface area contributed by atoms with Gasteiger partial charge in [0.15, 0.2) is 6.61 Å². The number of nitrogens with zero attached hydrogens (tertiary/aromatic N) is 1. The van der Waals surface area contributed by atoms with Gasteiger partial charge in [-0.05, 0) is 35.8 Å². The first-order chi connectivity index (χ1) is 14.6. The van der Waals surface area contributed by atoms with Crippen LogP contribution in [0.25, 0.3) is 11.6 Å². The zero-order valence-electron chi connectivity index (χ0n) is 17.2. The van der Waals surface area contributed by atoms with Gasteiger partial charge >= 0.3 is 5.97 Å². The van der Waals surface area contributed by atoms with E-state index in [-0.39, 0.29) is 12.5 Å². The largest absolute Gasteiger partial charge is 0.497 e. The number of hydrogen-bond acceptors (Lipinski definition) is 5. The third kappa shape index (κ3) is 5.50. The van der Waals surface area contributed by atoms with Crippen molar-refractivity contribution in [1.82, 2.24) is 4.90 Å². The Hall–Kier alpha value is -3.54. The molecule has 0 aromatic heterocycles. The topological polar surface area (TPSA) is 65.1 Å². The van der Waals surface area contributed by atoms with Gasteiger partial charge in [-0.1, -0.05) is 36.4 Å². The van der Waals surface area contributed by atoms with Crippen molar-refractivity contribution in [3.05, 3.63) is 71.8 Å². The number of rotatable bonds is 7. The van der Waals surface area contributed by atoms with Crippen molar-refractivity contribution in [2.45, 2.75) is 6.42 Å². The molecule has 0 spiro atoms. The summed E-state index contributed by atoms with van der Waals surface area (Å²) in [5, 5.41) is 0. The second kappa shape index (κ2) is 10.3. The molecule has 2 aromatic rings. The Morgan fingerprint density at radius 1 is 1.07 bits per heavy atom. The van der Waals surface area contributed by atoms with E-state index in [2.05, 4.69) is 18.2 Å². The van der Waals surface area contributed by atoms with E-state index in [0.717, 1.165) is 6.42 Å². The van der Waals surface area contributed by atoms with Crippen molar-refractivity contribution in [2.75, 3.05) is 33.9 Å². The van der Waals surface area contributed by atoms with Crippen LogP contribution in [0.3, 0.4) is 0 Å². The summed E-state index contributed by atoms with van der Waals surface area (Å²) >= 11 is 0. The lowest BCUT2D eigenvalue weighted by Gasteiger charge is -2.26. The van der Waals surface area contributed by atoms with Crippen LogP contribution in [0.2, 0.25) is 0 Å². The van der Waals surface area contributed by atoms with Gasteiger partial charge in [-0.15, -0.1) is 0 Å². The van der Waals surface area contributed by atoms with Gasteiger partial charge in [-0.3, -0.25) is 4.79 Å². The quantitative estimate of drug-likeness (QED) is 0.519. The predicted molar refractivity (Wildman–Crippen MR) is 115 cm³/mol. The second-order valence-corrected chi connectivity index (χ2v) is 6.73. The minimum atomic E-state index is -0.584. The Morgan fingerprint density at radius 2 is 1.87 bits per heavy atom. The number of ether oxygens (including phenoxy) is 3. The fourth-order valence-corrected chi connectivity index (χ4v) is 3.20. The predicted octanol–water partition coefficient (Wildman–Crippen LogP) is 3.58. The highest BCUT2D eigenvalue weighted by atomic mass is 16.5. The van der Waals surface area contributed by atoms with Crippen LogP contribution in [0.15, 0.2) is 60.7 Å². The van der Waals surface area contributed by atoms with Crippen LogP contribution in [-0.2, 0) is 14.3 Å². The van der Waals surface area contributed by atoms with E-state index in [1.807, 2.05) is 18.2 Å². The molecule has 1 heterocycles. The molecule has 0 bridgehead atoms. The van der Waals surface area contributed by atoms with E-state index in [4.69, 9.17) is 14.2 Å². The third-order valence-corrected chi connectivity index (χ3v) is 4.88. The molecular formula is C24H25NO5. The van der Waals surface area contributed by atoms with E-state index in [0.29, 0.717) is 30.2 Å². The molecule has 0 saturated heterocycles. The molecule has 6 heteroatoms. The maximum atomic E-state index is 12.4. The van der Waals surface area contributed by atoms with Crippen molar-refractivity contribution < 1.29 is 23.8 Å². The molecule has 30 heavy (non-hydrogen) atoms. The Bertz CT molecular complexity index is 949. The minimum absolute atomic E-state index is 0.206. The van der Waals surface area contributed by atoms with Crippen molar-refractivity contribution in [3.8, 4) is 11.5 Å². The maximum absolute atomic E-state index is 12.4. The first-order valence-electron chi connectivity index (χ1n) is 9.70. The number of carbonyl (C=O) groups excluding carboxylic acids is 2. The van der Waals surface area contributed by atoms with Crippen LogP contribution in [0.1, 0.15) is 17.5 Å². The Balaban J connectivity index is 1.50. The number of carbonyl (C=O) groups is 2. The molecule has 156 valence electrons. The molecule has 2 aromatic carbocycles. The molecular weight excluding hydrogens is 382 g/mol. The number of amides is 1. The second-order valence-electron chi connectivity index (χ2n) is 6.73. The highest BCUT2D eigenvalue weighted by molar-refractivity contribution is 5.90. The Labute approximate surface area is 176 Å². The summed E-state index contributed by atoms with van der Waals surface area (Å²) in [6.45, 7) is 0.840. The molecule has 1 aliphatic heterocycles. The fourth-order valence-electron chi connectivity index (χ4n) is 3.20. The average Bonchev–Trinajstić information content (AvgIpc) is 2.81. The van der Waals surface area contributed by atoms with E-state index in [9.17, 15) is 9.59 Å². The normalized spacial score (nSPS) is 13.7. The highest BCUT2D eigenvalue weighted by Gasteiger charge is 2.18. The van der Waals surface area contributed by atoms with E-state index >= 15 is 0 Å². The van der Waals surface area contributed by atoms with E-state index in [1.165, 1.54) is 17.2 Å². The summed E-state index contributed by atoms with van der Waals surface area (Å²) in [7, 11) is 3.11. The monoisotopic (exact) mass is 407 g/mol. The molecule has 0 aliphatic carbocycles. The van der Waals surface area contributed by atoms with Gasteiger partial charge in [-0.25, -0.2) is 4.79 Å². The van der Waals surface area contributed by atoms with Gasteiger partial charge in [0.25, 0.3) is 5.91 Å². The van der Waals surface area contributed by atoms with Crippen LogP contribution in [0.5, 0.6) is 11.5 Å². The van der Waals surface area contributed by atoms with Gasteiger partial charge in [0.05, 0.1) is 14.2 Å².